The summed E-state index contributed by atoms with van der Waals surface area (Å²) in [6, 6.07) is 13.2. The summed E-state index contributed by atoms with van der Waals surface area (Å²) in [6.45, 7) is 4.15. The number of anilines is 2. The topological polar surface area (TPSA) is 90.1 Å². The van der Waals surface area contributed by atoms with Crippen LogP contribution < -0.4 is 21.1 Å². The van der Waals surface area contributed by atoms with E-state index >= 15 is 0 Å². The van der Waals surface area contributed by atoms with Gasteiger partial charge in [-0.15, -0.1) is 0 Å². The van der Waals surface area contributed by atoms with Crippen molar-refractivity contribution in [3.8, 4) is 0 Å². The molecule has 0 aliphatic heterocycles. The Kier molecular flexibility index (Phi) is 7.80. The number of amides is 1. The first-order chi connectivity index (χ1) is 16.8. The maximum Gasteiger partial charge on any atom is 0.270 e. The van der Waals surface area contributed by atoms with Gasteiger partial charge in [0.15, 0.2) is 5.11 Å². The Hall–Kier alpha value is -3.26. The second-order valence-corrected chi connectivity index (χ2v) is 10.1. The van der Waals surface area contributed by atoms with E-state index in [-0.39, 0.29) is 16.6 Å². The summed E-state index contributed by atoms with van der Waals surface area (Å²) >= 11 is 5.48. The number of nitrogens with one attached hydrogen (secondary N) is 3. The Balaban J connectivity index is 1.68. The minimum absolute atomic E-state index is 0.175. The molecule has 3 aromatic rings. The predicted molar refractivity (Wildman–Crippen MR) is 146 cm³/mol. The molecule has 0 bridgehead atoms. The van der Waals surface area contributed by atoms with Crippen molar-refractivity contribution < 1.29 is 4.79 Å². The lowest BCUT2D eigenvalue weighted by Crippen LogP contribution is -2.36. The molecule has 0 spiro atoms. The molecule has 3 N–H and O–H groups in total. The third kappa shape index (κ3) is 6.06. The van der Waals surface area contributed by atoms with Crippen molar-refractivity contribution in [3.63, 3.8) is 0 Å². The van der Waals surface area contributed by atoms with Crippen molar-refractivity contribution in [2.24, 2.45) is 5.92 Å². The molecule has 8 heteroatoms. The van der Waals surface area contributed by atoms with Gasteiger partial charge in [0.05, 0.1) is 22.4 Å². The van der Waals surface area contributed by atoms with E-state index in [2.05, 4.69) is 41.4 Å². The largest absolute Gasteiger partial charge is 0.370 e. The quantitative estimate of drug-likeness (QED) is 0.420. The molecule has 1 aliphatic rings. The number of aromatic nitrogens is 2. The standard InChI is InChI=1S/C27H33N5O2S/c1-17(2)14-23-26(34)29-20-15-22(30-27(35)31-25(33)18-10-6-4-7-11-18)24(16-21(20)28-23)32(3)19-12-8-5-9-13-19/h4,6-7,10-11,15-17,19H,5,8-9,12-14H2,1-3H3,(H,29,34)(H2,30,31,33,35). The minimum atomic E-state index is -0.278. The number of hydrogen-bond donors (Lipinski definition) is 3. The van der Waals surface area contributed by atoms with Crippen LogP contribution in [0.15, 0.2) is 47.3 Å². The van der Waals surface area contributed by atoms with Crippen LogP contribution in [-0.2, 0) is 6.42 Å². The van der Waals surface area contributed by atoms with Gasteiger partial charge in [0, 0.05) is 18.7 Å². The first-order valence-electron chi connectivity index (χ1n) is 12.3. The molecule has 35 heavy (non-hydrogen) atoms. The van der Waals surface area contributed by atoms with Crippen molar-refractivity contribution in [2.45, 2.75) is 58.4 Å². The second kappa shape index (κ2) is 11.0. The number of nitrogens with zero attached hydrogens (tertiary/aromatic N) is 2. The molecule has 0 atom stereocenters. The van der Waals surface area contributed by atoms with Gasteiger partial charge in [-0.05, 0) is 61.7 Å². The summed E-state index contributed by atoms with van der Waals surface area (Å²) in [7, 11) is 2.09. The fourth-order valence-corrected chi connectivity index (χ4v) is 4.86. The zero-order valence-electron chi connectivity index (χ0n) is 20.6. The molecular weight excluding hydrogens is 458 g/mol. The Morgan fingerprint density at radius 3 is 2.57 bits per heavy atom. The van der Waals surface area contributed by atoms with Gasteiger partial charge in [0.1, 0.15) is 5.69 Å². The molecule has 1 saturated carbocycles. The lowest BCUT2D eigenvalue weighted by molar-refractivity contribution is 0.0977. The van der Waals surface area contributed by atoms with Crippen LogP contribution in [0, 0.1) is 5.92 Å². The second-order valence-electron chi connectivity index (χ2n) is 9.67. The molecule has 1 aromatic heterocycles. The number of fused-ring (bicyclic) bond motifs is 1. The van der Waals surface area contributed by atoms with E-state index in [0.29, 0.717) is 35.2 Å². The molecule has 1 heterocycles. The van der Waals surface area contributed by atoms with Gasteiger partial charge < -0.3 is 15.2 Å². The Labute approximate surface area is 211 Å². The minimum Gasteiger partial charge on any atom is -0.370 e. The molecule has 4 rings (SSSR count). The van der Waals surface area contributed by atoms with Crippen LogP contribution in [0.25, 0.3) is 11.0 Å². The summed E-state index contributed by atoms with van der Waals surface area (Å²) < 4.78 is 0. The summed E-state index contributed by atoms with van der Waals surface area (Å²) in [5, 5.41) is 6.15. The van der Waals surface area contributed by atoms with Gasteiger partial charge in [-0.2, -0.15) is 0 Å². The van der Waals surface area contributed by atoms with E-state index in [9.17, 15) is 9.59 Å². The lowest BCUT2D eigenvalue weighted by Gasteiger charge is -2.34. The van der Waals surface area contributed by atoms with Crippen LogP contribution in [0.3, 0.4) is 0 Å². The van der Waals surface area contributed by atoms with E-state index in [1.807, 2.05) is 30.3 Å². The van der Waals surface area contributed by atoms with Crippen LogP contribution in [-0.4, -0.2) is 34.1 Å². The van der Waals surface area contributed by atoms with Crippen molar-refractivity contribution in [3.05, 3.63) is 64.1 Å². The Morgan fingerprint density at radius 1 is 1.17 bits per heavy atom. The Morgan fingerprint density at radius 2 is 1.89 bits per heavy atom. The molecular formula is C27H33N5O2S. The maximum atomic E-state index is 12.6. The van der Waals surface area contributed by atoms with Gasteiger partial charge in [-0.1, -0.05) is 51.3 Å². The van der Waals surface area contributed by atoms with E-state index in [4.69, 9.17) is 17.2 Å². The van der Waals surface area contributed by atoms with Crippen LogP contribution in [0.2, 0.25) is 0 Å². The highest BCUT2D eigenvalue weighted by Gasteiger charge is 2.22. The molecule has 1 amide bonds. The maximum absolute atomic E-state index is 12.6. The van der Waals surface area contributed by atoms with Gasteiger partial charge in [-0.3, -0.25) is 14.9 Å². The van der Waals surface area contributed by atoms with E-state index in [1.165, 1.54) is 19.3 Å². The van der Waals surface area contributed by atoms with Crippen LogP contribution in [0.4, 0.5) is 11.4 Å². The summed E-state index contributed by atoms with van der Waals surface area (Å²) in [5.74, 6) is 0.0523. The molecule has 0 saturated heterocycles. The van der Waals surface area contributed by atoms with Gasteiger partial charge in [0.2, 0.25) is 0 Å². The number of thiocarbonyl (C=S) groups is 1. The summed E-state index contributed by atoms with van der Waals surface area (Å²) in [5.41, 5.74) is 3.93. The first kappa shape index (κ1) is 24.9. The van der Waals surface area contributed by atoms with Crippen molar-refractivity contribution >= 4 is 45.6 Å². The summed E-state index contributed by atoms with van der Waals surface area (Å²) in [4.78, 5) is 35.2. The molecule has 2 aromatic carbocycles. The average Bonchev–Trinajstić information content (AvgIpc) is 2.84. The number of rotatable bonds is 6. The van der Waals surface area contributed by atoms with Crippen LogP contribution >= 0.6 is 12.2 Å². The van der Waals surface area contributed by atoms with E-state index < -0.39 is 0 Å². The lowest BCUT2D eigenvalue weighted by atomic mass is 9.94. The number of hydrogen-bond acceptors (Lipinski definition) is 5. The van der Waals surface area contributed by atoms with Crippen LogP contribution in [0.1, 0.15) is 62.0 Å². The third-order valence-electron chi connectivity index (χ3n) is 6.49. The molecule has 7 nitrogen and oxygen atoms in total. The smallest absolute Gasteiger partial charge is 0.270 e. The number of H-pyrrole nitrogens is 1. The van der Waals surface area contributed by atoms with Crippen LogP contribution in [0.5, 0.6) is 0 Å². The average molecular weight is 492 g/mol. The zero-order chi connectivity index (χ0) is 24.9. The molecule has 184 valence electrons. The van der Waals surface area contributed by atoms with Gasteiger partial charge in [-0.25, -0.2) is 4.98 Å². The fraction of sp³-hybridized carbons (Fsp3) is 0.407. The number of benzene rings is 2. The van der Waals surface area contributed by atoms with E-state index in [1.54, 1.807) is 12.1 Å². The first-order valence-corrected chi connectivity index (χ1v) is 12.7. The SMILES string of the molecule is CC(C)Cc1nc2cc(N(C)C3CCCCC3)c(NC(=S)NC(=O)c3ccccc3)cc2[nH]c1=O. The number of carbonyl (C=O) groups is 1. The van der Waals surface area contributed by atoms with Gasteiger partial charge >= 0.3 is 0 Å². The predicted octanol–water partition coefficient (Wildman–Crippen LogP) is 5.02. The fourth-order valence-electron chi connectivity index (χ4n) is 4.66. The Bertz CT molecular complexity index is 1270. The number of carbonyl (C=O) groups excluding carboxylic acids is 1. The van der Waals surface area contributed by atoms with Crippen molar-refractivity contribution in [1.82, 2.24) is 15.3 Å². The van der Waals surface area contributed by atoms with E-state index in [0.717, 1.165) is 29.7 Å². The number of aromatic amines is 1. The highest BCUT2D eigenvalue weighted by molar-refractivity contribution is 7.80. The monoisotopic (exact) mass is 491 g/mol. The highest BCUT2D eigenvalue weighted by atomic mass is 32.1. The highest BCUT2D eigenvalue weighted by Crippen LogP contribution is 2.34. The molecule has 1 aliphatic carbocycles. The molecule has 0 radical (unpaired) electrons. The van der Waals surface area contributed by atoms with Gasteiger partial charge in [0.25, 0.3) is 11.5 Å². The van der Waals surface area contributed by atoms with Crippen molar-refractivity contribution in [1.29, 1.82) is 0 Å². The third-order valence-corrected chi connectivity index (χ3v) is 6.70. The summed E-state index contributed by atoms with van der Waals surface area (Å²) in [6.07, 6.45) is 6.56. The zero-order valence-corrected chi connectivity index (χ0v) is 21.4. The normalized spacial score (nSPS) is 14.2. The molecule has 1 fully saturated rings. The van der Waals surface area contributed by atoms with Crippen molar-refractivity contribution in [2.75, 3.05) is 17.3 Å². The molecule has 0 unspecified atom stereocenters.